The van der Waals surface area contributed by atoms with Crippen LogP contribution in [0.3, 0.4) is 0 Å². The fourth-order valence-electron chi connectivity index (χ4n) is 1.69. The lowest BCUT2D eigenvalue weighted by atomic mass is 9.79. The van der Waals surface area contributed by atoms with Gasteiger partial charge >= 0.3 is 57.1 Å². The van der Waals surface area contributed by atoms with Gasteiger partial charge in [-0.15, -0.1) is 0 Å². The zero-order valence-corrected chi connectivity index (χ0v) is 12.9. The van der Waals surface area contributed by atoms with Crippen LogP contribution in [0, 0.1) is 0 Å². The number of halogens is 17. The van der Waals surface area contributed by atoms with Crippen LogP contribution in [0.25, 0.3) is 0 Å². The van der Waals surface area contributed by atoms with Crippen LogP contribution in [0.1, 0.15) is 0 Å². The van der Waals surface area contributed by atoms with Crippen LogP contribution in [0.2, 0.25) is 0 Å². The van der Waals surface area contributed by atoms with E-state index in [1.807, 2.05) is 0 Å². The first-order valence-corrected chi connectivity index (χ1v) is 7.12. The van der Waals surface area contributed by atoms with Gasteiger partial charge in [-0.05, 0) is 0 Å². The van der Waals surface area contributed by atoms with Crippen molar-refractivity contribution >= 4 is 10.1 Å². The Labute approximate surface area is 146 Å². The number of hydrogen-bond donors (Lipinski definition) is 1. The quantitative estimate of drug-likeness (QED) is 0.435. The van der Waals surface area contributed by atoms with Gasteiger partial charge in [0.25, 0.3) is 0 Å². The zero-order chi connectivity index (χ0) is 24.5. The minimum atomic E-state index is -9.28. The molecule has 176 valence electrons. The number of alkyl halides is 17. The maximum Gasteiger partial charge on any atom is 0.457 e. The Balaban J connectivity index is 7.85. The molecule has 0 bridgehead atoms. The molecule has 0 radical (unpaired) electrons. The molecule has 1 N–H and O–H groups in total. The third-order valence-corrected chi connectivity index (χ3v) is 4.09. The smallest absolute Gasteiger partial charge is 0.281 e. The molecule has 3 nitrogen and oxygen atoms in total. The molecule has 0 aromatic carbocycles. The van der Waals surface area contributed by atoms with Crippen LogP contribution in [0.15, 0.2) is 0 Å². The highest BCUT2D eigenvalue weighted by molar-refractivity contribution is 7.87. The molecule has 29 heavy (non-hydrogen) atoms. The molecule has 0 amide bonds. The van der Waals surface area contributed by atoms with Crippen molar-refractivity contribution in [2.45, 2.75) is 47.0 Å². The van der Waals surface area contributed by atoms with Crippen molar-refractivity contribution in [1.82, 2.24) is 0 Å². The van der Waals surface area contributed by atoms with Crippen LogP contribution in [0.4, 0.5) is 74.6 Å². The summed E-state index contributed by atoms with van der Waals surface area (Å²) in [4.78, 5) is 0. The maximum atomic E-state index is 13.9. The molecule has 0 rings (SSSR count). The van der Waals surface area contributed by atoms with Gasteiger partial charge in [-0.3, -0.25) is 4.55 Å². The highest BCUT2D eigenvalue weighted by Crippen LogP contribution is 2.67. The van der Waals surface area contributed by atoms with Gasteiger partial charge in [0, 0.05) is 0 Å². The highest BCUT2D eigenvalue weighted by Gasteiger charge is 3.01. The lowest BCUT2D eigenvalue weighted by molar-refractivity contribution is -0.459. The second kappa shape index (κ2) is 6.36. The maximum absolute atomic E-state index is 13.9. The van der Waals surface area contributed by atoms with Crippen molar-refractivity contribution < 1.29 is 87.6 Å². The Hall–Kier alpha value is -1.28. The van der Waals surface area contributed by atoms with Crippen LogP contribution in [-0.2, 0) is 10.1 Å². The Morgan fingerprint density at radius 3 is 0.897 bits per heavy atom. The molecule has 0 saturated heterocycles. The molecule has 0 saturated carbocycles. The van der Waals surface area contributed by atoms with E-state index in [0.29, 0.717) is 0 Å². The summed E-state index contributed by atoms with van der Waals surface area (Å²) in [5, 5.41) is -8.49. The average molecular weight is 500 g/mol. The molecule has 0 aliphatic carbocycles. The largest absolute Gasteiger partial charge is 0.457 e. The summed E-state index contributed by atoms with van der Waals surface area (Å²) in [5.74, 6) is -18.1. The van der Waals surface area contributed by atoms with Crippen molar-refractivity contribution in [2.75, 3.05) is 0 Å². The van der Waals surface area contributed by atoms with E-state index >= 15 is 0 Å². The summed E-state index contributed by atoms with van der Waals surface area (Å²) < 4.78 is 245. The number of hydrogen-bond acceptors (Lipinski definition) is 2. The SMILES string of the molecule is O=S(=O)(O)C(F)(F)C(F)(C(F)(F)C(F)(F)F)C(F)(F)C(F)(C(F)(F)F)C(F)(F)F. The Morgan fingerprint density at radius 1 is 0.448 bits per heavy atom. The van der Waals surface area contributed by atoms with Gasteiger partial charge in [-0.1, -0.05) is 0 Å². The van der Waals surface area contributed by atoms with Crippen LogP contribution >= 0.6 is 0 Å². The zero-order valence-electron chi connectivity index (χ0n) is 12.1. The lowest BCUT2D eigenvalue weighted by Crippen LogP contribution is -2.81. The average Bonchev–Trinajstić information content (AvgIpc) is 2.39. The fraction of sp³-hybridized carbons (Fsp3) is 1.00. The Kier molecular flexibility index (Phi) is 6.08. The van der Waals surface area contributed by atoms with E-state index < -0.39 is 57.1 Å². The van der Waals surface area contributed by atoms with Gasteiger partial charge in [-0.2, -0.15) is 74.3 Å². The van der Waals surface area contributed by atoms with Gasteiger partial charge in [0.1, 0.15) is 0 Å². The molecule has 0 heterocycles. The molecule has 0 aliphatic heterocycles. The molecular formula is C8HF17O3S. The molecule has 0 aromatic rings. The van der Waals surface area contributed by atoms with Crippen LogP contribution in [-0.4, -0.2) is 59.9 Å². The van der Waals surface area contributed by atoms with E-state index in [2.05, 4.69) is 0 Å². The summed E-state index contributed by atoms with van der Waals surface area (Å²) in [6.45, 7) is 0. The Bertz CT molecular complexity index is 713. The summed E-state index contributed by atoms with van der Waals surface area (Å²) in [6.07, 6.45) is -25.1. The van der Waals surface area contributed by atoms with E-state index in [4.69, 9.17) is 4.55 Å². The monoisotopic (exact) mass is 500 g/mol. The number of rotatable bonds is 5. The van der Waals surface area contributed by atoms with Gasteiger partial charge < -0.3 is 0 Å². The third kappa shape index (κ3) is 3.26. The van der Waals surface area contributed by atoms with Crippen LogP contribution in [0.5, 0.6) is 0 Å². The predicted molar refractivity (Wildman–Crippen MR) is 52.2 cm³/mol. The second-order valence-electron chi connectivity index (χ2n) is 4.95. The molecule has 0 aromatic heterocycles. The van der Waals surface area contributed by atoms with E-state index in [9.17, 15) is 83.1 Å². The lowest BCUT2D eigenvalue weighted by Gasteiger charge is -2.47. The van der Waals surface area contributed by atoms with Gasteiger partial charge in [0.05, 0.1) is 0 Å². The van der Waals surface area contributed by atoms with Crippen molar-refractivity contribution in [1.29, 1.82) is 0 Å². The molecule has 21 heteroatoms. The molecular weight excluding hydrogens is 499 g/mol. The molecule has 0 aliphatic rings. The third-order valence-electron chi connectivity index (χ3n) is 3.16. The first-order chi connectivity index (χ1) is 12.0. The second-order valence-corrected chi connectivity index (χ2v) is 6.41. The summed E-state index contributed by atoms with van der Waals surface area (Å²) in [7, 11) is -8.41. The van der Waals surface area contributed by atoms with Crippen molar-refractivity contribution in [3.63, 3.8) is 0 Å². The van der Waals surface area contributed by atoms with E-state index in [1.54, 1.807) is 0 Å². The topological polar surface area (TPSA) is 54.4 Å². The van der Waals surface area contributed by atoms with E-state index in [1.165, 1.54) is 0 Å². The van der Waals surface area contributed by atoms with Crippen molar-refractivity contribution in [2.24, 2.45) is 0 Å². The predicted octanol–water partition coefficient (Wildman–Crippen LogP) is 4.84. The van der Waals surface area contributed by atoms with Gasteiger partial charge in [-0.25, -0.2) is 8.78 Å². The minimum Gasteiger partial charge on any atom is -0.281 e. The first-order valence-electron chi connectivity index (χ1n) is 5.68. The summed E-state index contributed by atoms with van der Waals surface area (Å²) >= 11 is 0. The van der Waals surface area contributed by atoms with Crippen molar-refractivity contribution in [3.8, 4) is 0 Å². The van der Waals surface area contributed by atoms with Crippen molar-refractivity contribution in [3.05, 3.63) is 0 Å². The summed E-state index contributed by atoms with van der Waals surface area (Å²) in [6, 6.07) is 0. The molecule has 0 spiro atoms. The van der Waals surface area contributed by atoms with Gasteiger partial charge in [0.2, 0.25) is 0 Å². The van der Waals surface area contributed by atoms with Gasteiger partial charge in [0.15, 0.2) is 0 Å². The normalized spacial score (nSPS) is 18.6. The summed E-state index contributed by atoms with van der Waals surface area (Å²) in [5.41, 5.74) is -18.2. The first kappa shape index (κ1) is 27.7. The highest BCUT2D eigenvalue weighted by atomic mass is 32.2. The molecule has 1 atom stereocenters. The standard InChI is InChI=1S/C8HF17O3S/c9-1(4(13,14)7(21,22)23,8(24,25)29(26,27)28)3(11,12)2(10,5(15,16)17)6(18,19)20/h(H,26,27,28). The molecule has 0 fully saturated rings. The van der Waals surface area contributed by atoms with E-state index in [-0.39, 0.29) is 0 Å². The Morgan fingerprint density at radius 2 is 0.724 bits per heavy atom. The fourth-order valence-corrected chi connectivity index (χ4v) is 2.30. The van der Waals surface area contributed by atoms with Crippen LogP contribution < -0.4 is 0 Å². The van der Waals surface area contributed by atoms with E-state index in [0.717, 1.165) is 0 Å². The molecule has 1 unspecified atom stereocenters. The minimum absolute atomic E-state index is 7.81.